The minimum atomic E-state index is -0.523. The Hall–Kier alpha value is -3.42. The van der Waals surface area contributed by atoms with Crippen LogP contribution >= 0.6 is 0 Å². The van der Waals surface area contributed by atoms with E-state index in [2.05, 4.69) is 15.0 Å². The first-order chi connectivity index (χ1) is 13.6. The number of H-pyrrole nitrogens is 1. The Bertz CT molecular complexity index is 1050. The van der Waals surface area contributed by atoms with Crippen LogP contribution in [0.4, 0.5) is 0 Å². The van der Waals surface area contributed by atoms with Crippen LogP contribution in [0, 0.1) is 6.92 Å². The van der Waals surface area contributed by atoms with Crippen LogP contribution in [0.3, 0.4) is 0 Å². The molecule has 28 heavy (non-hydrogen) atoms. The maximum atomic E-state index is 12.9. The number of nitrogens with one attached hydrogen (secondary N) is 1. The van der Waals surface area contributed by atoms with E-state index in [1.807, 2.05) is 24.3 Å². The number of fused-ring (bicyclic) bond motifs is 1. The summed E-state index contributed by atoms with van der Waals surface area (Å²) in [5.74, 6) is -0.460. The first-order valence-corrected chi connectivity index (χ1v) is 9.01. The lowest BCUT2D eigenvalue weighted by atomic mass is 10.1. The number of aromatic nitrogens is 3. The monoisotopic (exact) mass is 380 g/mol. The highest BCUT2D eigenvalue weighted by Crippen LogP contribution is 2.26. The van der Waals surface area contributed by atoms with Crippen molar-refractivity contribution in [1.29, 1.82) is 0 Å². The molecule has 1 amide bonds. The third-order valence-corrected chi connectivity index (χ3v) is 4.85. The molecule has 2 aromatic heterocycles. The van der Waals surface area contributed by atoms with Gasteiger partial charge in [0.2, 0.25) is 0 Å². The van der Waals surface area contributed by atoms with Gasteiger partial charge in [-0.05, 0) is 13.0 Å². The fourth-order valence-corrected chi connectivity index (χ4v) is 3.52. The maximum absolute atomic E-state index is 12.9. The molecule has 3 heterocycles. The summed E-state index contributed by atoms with van der Waals surface area (Å²) in [6, 6.07) is 7.47. The number of para-hydroxylation sites is 1. The molecule has 1 unspecified atom stereocenters. The van der Waals surface area contributed by atoms with E-state index in [0.29, 0.717) is 30.8 Å². The molecule has 4 rings (SSSR count). The van der Waals surface area contributed by atoms with Gasteiger partial charge in [-0.3, -0.25) is 9.59 Å². The van der Waals surface area contributed by atoms with Crippen molar-refractivity contribution >= 4 is 22.6 Å². The van der Waals surface area contributed by atoms with Gasteiger partial charge in [-0.1, -0.05) is 18.2 Å². The van der Waals surface area contributed by atoms with Gasteiger partial charge in [-0.2, -0.15) is 0 Å². The molecule has 1 aliphatic rings. The molecular formula is C20H20N4O4. The van der Waals surface area contributed by atoms with Crippen molar-refractivity contribution in [3.63, 3.8) is 0 Å². The molecule has 1 atom stereocenters. The number of aryl methyl sites for hydroxylation is 1. The van der Waals surface area contributed by atoms with Crippen molar-refractivity contribution in [2.75, 3.05) is 20.2 Å². The molecule has 0 radical (unpaired) electrons. The number of rotatable bonds is 5. The lowest BCUT2D eigenvalue weighted by Gasteiger charge is -2.16. The number of nitrogens with zero attached hydrogens (tertiary/aromatic N) is 3. The second-order valence-corrected chi connectivity index (χ2v) is 6.65. The summed E-state index contributed by atoms with van der Waals surface area (Å²) in [7, 11) is 1.49. The molecular weight excluding hydrogens is 360 g/mol. The van der Waals surface area contributed by atoms with Gasteiger partial charge in [0, 0.05) is 42.0 Å². The van der Waals surface area contributed by atoms with Gasteiger partial charge in [-0.15, -0.1) is 0 Å². The van der Waals surface area contributed by atoms with Crippen molar-refractivity contribution in [3.8, 4) is 11.8 Å². The molecule has 1 saturated heterocycles. The number of amides is 1. The van der Waals surface area contributed by atoms with Crippen LogP contribution in [0.5, 0.6) is 11.8 Å². The lowest BCUT2D eigenvalue weighted by molar-refractivity contribution is -0.125. The van der Waals surface area contributed by atoms with Crippen molar-refractivity contribution in [2.45, 2.75) is 19.4 Å². The number of benzene rings is 1. The maximum Gasteiger partial charge on any atom is 0.295 e. The number of methoxy groups -OCH3 is 1. The SMILES string of the molecule is COc1nccnc1OC1CCN(C(=O)C(=O)c2c(C)[nH]c3ccccc23)C1. The van der Waals surface area contributed by atoms with Crippen LogP contribution in [0.1, 0.15) is 22.5 Å². The third kappa shape index (κ3) is 3.17. The second-order valence-electron chi connectivity index (χ2n) is 6.65. The molecule has 1 fully saturated rings. The number of carbonyl (C=O) groups is 2. The number of hydrogen-bond acceptors (Lipinski definition) is 6. The zero-order valence-electron chi connectivity index (χ0n) is 15.6. The van der Waals surface area contributed by atoms with Crippen LogP contribution in [0.25, 0.3) is 10.9 Å². The molecule has 1 aliphatic heterocycles. The Kier molecular flexibility index (Phi) is 4.68. The summed E-state index contributed by atoms with van der Waals surface area (Å²) in [5, 5.41) is 0.759. The van der Waals surface area contributed by atoms with Crippen molar-refractivity contribution < 1.29 is 19.1 Å². The number of hydrogen-bond donors (Lipinski definition) is 1. The Morgan fingerprint density at radius 3 is 2.71 bits per heavy atom. The van der Waals surface area contributed by atoms with Crippen LogP contribution in [-0.2, 0) is 4.79 Å². The molecule has 3 aromatic rings. The summed E-state index contributed by atoms with van der Waals surface area (Å²) in [6.07, 6.45) is 3.36. The molecule has 8 nitrogen and oxygen atoms in total. The zero-order chi connectivity index (χ0) is 19.7. The highest BCUT2D eigenvalue weighted by Gasteiger charge is 2.34. The van der Waals surface area contributed by atoms with E-state index in [1.165, 1.54) is 24.4 Å². The van der Waals surface area contributed by atoms with Gasteiger partial charge in [0.15, 0.2) is 0 Å². The molecule has 8 heteroatoms. The van der Waals surface area contributed by atoms with E-state index in [1.54, 1.807) is 6.92 Å². The van der Waals surface area contributed by atoms with E-state index in [9.17, 15) is 9.59 Å². The van der Waals surface area contributed by atoms with Gasteiger partial charge >= 0.3 is 0 Å². The summed E-state index contributed by atoms with van der Waals surface area (Å²) in [5.41, 5.74) is 1.96. The number of Topliss-reactive ketones (excluding diaryl/α,β-unsaturated/α-hetero) is 1. The van der Waals surface area contributed by atoms with Crippen molar-refractivity contribution in [1.82, 2.24) is 19.9 Å². The van der Waals surface area contributed by atoms with Crippen LogP contribution in [0.2, 0.25) is 0 Å². The highest BCUT2D eigenvalue weighted by molar-refractivity contribution is 6.45. The largest absolute Gasteiger partial charge is 0.477 e. The van der Waals surface area contributed by atoms with E-state index < -0.39 is 11.7 Å². The van der Waals surface area contributed by atoms with E-state index in [0.717, 1.165) is 10.9 Å². The molecule has 1 aromatic carbocycles. The van der Waals surface area contributed by atoms with Gasteiger partial charge in [-0.25, -0.2) is 9.97 Å². The van der Waals surface area contributed by atoms with Gasteiger partial charge in [0.1, 0.15) is 6.10 Å². The summed E-state index contributed by atoms with van der Waals surface area (Å²) in [6.45, 7) is 2.56. The first-order valence-electron chi connectivity index (χ1n) is 9.01. The minimum absolute atomic E-state index is 0.272. The number of ether oxygens (including phenoxy) is 2. The smallest absolute Gasteiger partial charge is 0.295 e. The summed E-state index contributed by atoms with van der Waals surface area (Å²) in [4.78, 5) is 38.6. The molecule has 1 N–H and O–H groups in total. The quantitative estimate of drug-likeness (QED) is 0.538. The Labute approximate surface area is 161 Å². The zero-order valence-corrected chi connectivity index (χ0v) is 15.6. The van der Waals surface area contributed by atoms with Crippen LogP contribution < -0.4 is 9.47 Å². The summed E-state index contributed by atoms with van der Waals surface area (Å²) < 4.78 is 11.0. The standard InChI is InChI=1S/C20H20N4O4/c1-12-16(14-5-3-4-6-15(14)23-12)17(25)20(26)24-10-7-13(11-24)28-19-18(27-2)21-8-9-22-19/h3-6,8-9,13,23H,7,10-11H2,1-2H3. The van der Waals surface area contributed by atoms with Gasteiger partial charge in [0.05, 0.1) is 19.2 Å². The number of ketones is 1. The Balaban J connectivity index is 1.48. The Morgan fingerprint density at radius 1 is 1.18 bits per heavy atom. The fraction of sp³-hybridized carbons (Fsp3) is 0.300. The number of aromatic amines is 1. The van der Waals surface area contributed by atoms with E-state index in [4.69, 9.17) is 9.47 Å². The minimum Gasteiger partial charge on any atom is -0.477 e. The average Bonchev–Trinajstić information content (AvgIpc) is 3.30. The third-order valence-electron chi connectivity index (χ3n) is 4.85. The van der Waals surface area contributed by atoms with E-state index in [-0.39, 0.29) is 17.9 Å². The van der Waals surface area contributed by atoms with Crippen molar-refractivity contribution in [3.05, 3.63) is 47.9 Å². The summed E-state index contributed by atoms with van der Waals surface area (Å²) >= 11 is 0. The molecule has 0 bridgehead atoms. The van der Waals surface area contributed by atoms with E-state index >= 15 is 0 Å². The first kappa shape index (κ1) is 18.0. The topological polar surface area (TPSA) is 97.4 Å². The molecule has 0 aliphatic carbocycles. The predicted molar refractivity (Wildman–Crippen MR) is 102 cm³/mol. The molecule has 0 saturated carbocycles. The van der Waals surface area contributed by atoms with Crippen LogP contribution in [-0.4, -0.2) is 57.8 Å². The molecule has 144 valence electrons. The Morgan fingerprint density at radius 2 is 1.93 bits per heavy atom. The van der Waals surface area contributed by atoms with Crippen LogP contribution in [0.15, 0.2) is 36.7 Å². The fourth-order valence-electron chi connectivity index (χ4n) is 3.52. The molecule has 0 spiro atoms. The predicted octanol–water partition coefficient (Wildman–Crippen LogP) is 2.14. The lowest BCUT2D eigenvalue weighted by Crippen LogP contribution is -2.36. The average molecular weight is 380 g/mol. The second kappa shape index (κ2) is 7.30. The number of carbonyl (C=O) groups excluding carboxylic acids is 2. The van der Waals surface area contributed by atoms with Gasteiger partial charge in [0.25, 0.3) is 23.5 Å². The number of likely N-dealkylation sites (tertiary alicyclic amines) is 1. The normalized spacial score (nSPS) is 16.4. The van der Waals surface area contributed by atoms with Gasteiger partial charge < -0.3 is 19.4 Å². The highest BCUT2D eigenvalue weighted by atomic mass is 16.5. The van der Waals surface area contributed by atoms with Crippen molar-refractivity contribution in [2.24, 2.45) is 0 Å².